The fraction of sp³-hybridized carbons (Fsp3) is 0.294. The first-order valence-electron chi connectivity index (χ1n) is 8.21. The van der Waals surface area contributed by atoms with Gasteiger partial charge < -0.3 is 22.1 Å². The molecule has 7 nitrogen and oxygen atoms in total. The SMILES string of the molecule is NC(=O)Nc1sc(-c2ccc(N)c(F)c2)cc1C(=O)N[C@H]1CCCNC1. The van der Waals surface area contributed by atoms with E-state index in [-0.39, 0.29) is 17.6 Å². The number of amides is 3. The molecule has 1 aromatic carbocycles. The number of urea groups is 1. The Bertz CT molecular complexity index is 833. The number of benzene rings is 1. The average Bonchev–Trinajstić information content (AvgIpc) is 3.01. The van der Waals surface area contributed by atoms with Gasteiger partial charge in [-0.3, -0.25) is 10.1 Å². The second-order valence-electron chi connectivity index (χ2n) is 6.10. The summed E-state index contributed by atoms with van der Waals surface area (Å²) in [6.45, 7) is 1.64. The quantitative estimate of drug-likeness (QED) is 0.524. The van der Waals surface area contributed by atoms with Gasteiger partial charge in [0.25, 0.3) is 5.91 Å². The van der Waals surface area contributed by atoms with Gasteiger partial charge in [-0.05, 0) is 43.1 Å². The van der Waals surface area contributed by atoms with Gasteiger partial charge in [0.2, 0.25) is 0 Å². The van der Waals surface area contributed by atoms with Crippen LogP contribution in [0.3, 0.4) is 0 Å². The number of hydrogen-bond donors (Lipinski definition) is 5. The largest absolute Gasteiger partial charge is 0.396 e. The molecule has 9 heteroatoms. The van der Waals surface area contributed by atoms with Crippen molar-refractivity contribution in [1.29, 1.82) is 0 Å². The van der Waals surface area contributed by atoms with Crippen LogP contribution in [0.5, 0.6) is 0 Å². The highest BCUT2D eigenvalue weighted by Crippen LogP contribution is 2.36. The van der Waals surface area contributed by atoms with Crippen molar-refractivity contribution in [3.8, 4) is 10.4 Å². The fourth-order valence-electron chi connectivity index (χ4n) is 2.83. The predicted octanol–water partition coefficient (Wildman–Crippen LogP) is 2.11. The average molecular weight is 377 g/mol. The first-order chi connectivity index (χ1) is 12.4. The van der Waals surface area contributed by atoms with Crippen molar-refractivity contribution in [3.63, 3.8) is 0 Å². The smallest absolute Gasteiger partial charge is 0.317 e. The number of rotatable bonds is 4. The lowest BCUT2D eigenvalue weighted by Gasteiger charge is -2.23. The van der Waals surface area contributed by atoms with Crippen molar-refractivity contribution < 1.29 is 14.0 Å². The second kappa shape index (κ2) is 7.71. The standard InChI is InChI=1S/C17H20FN5O2S/c18-12-6-9(3-4-13(12)19)14-7-11(16(26-14)23-17(20)25)15(24)22-10-2-1-5-21-8-10/h3-4,6-7,10,21H,1-2,5,8,19H2,(H,22,24)(H3,20,23,25)/t10-/m0/s1. The second-order valence-corrected chi connectivity index (χ2v) is 7.15. The van der Waals surface area contributed by atoms with Gasteiger partial charge in [-0.15, -0.1) is 11.3 Å². The van der Waals surface area contributed by atoms with Crippen molar-refractivity contribution >= 4 is 34.0 Å². The van der Waals surface area contributed by atoms with E-state index in [0.29, 0.717) is 27.5 Å². The lowest BCUT2D eigenvalue weighted by atomic mass is 10.1. The number of primary amides is 1. The van der Waals surface area contributed by atoms with Crippen LogP contribution in [0.2, 0.25) is 0 Å². The summed E-state index contributed by atoms with van der Waals surface area (Å²) in [5.74, 6) is -0.847. The summed E-state index contributed by atoms with van der Waals surface area (Å²) in [5.41, 5.74) is 11.6. The molecule has 0 spiro atoms. The summed E-state index contributed by atoms with van der Waals surface area (Å²) in [6, 6.07) is 5.28. The summed E-state index contributed by atoms with van der Waals surface area (Å²) in [6.07, 6.45) is 1.87. The Morgan fingerprint density at radius 2 is 2.12 bits per heavy atom. The molecule has 138 valence electrons. The predicted molar refractivity (Wildman–Crippen MR) is 101 cm³/mol. The molecular formula is C17H20FN5O2S. The van der Waals surface area contributed by atoms with Crippen LogP contribution in [0.15, 0.2) is 24.3 Å². The highest BCUT2D eigenvalue weighted by atomic mass is 32.1. The molecule has 1 aliphatic heterocycles. The van der Waals surface area contributed by atoms with E-state index in [0.717, 1.165) is 30.7 Å². The van der Waals surface area contributed by atoms with Crippen molar-refractivity contribution in [3.05, 3.63) is 35.6 Å². The molecule has 1 saturated heterocycles. The Balaban J connectivity index is 1.89. The van der Waals surface area contributed by atoms with Gasteiger partial charge in [0.1, 0.15) is 10.8 Å². The number of hydrogen-bond acceptors (Lipinski definition) is 5. The maximum Gasteiger partial charge on any atom is 0.317 e. The van der Waals surface area contributed by atoms with Gasteiger partial charge in [-0.25, -0.2) is 9.18 Å². The molecule has 3 rings (SSSR count). The Kier molecular flexibility index (Phi) is 5.38. The van der Waals surface area contributed by atoms with Crippen LogP contribution in [-0.4, -0.2) is 31.1 Å². The zero-order valence-corrected chi connectivity index (χ0v) is 14.8. The molecule has 0 radical (unpaired) electrons. The Labute approximate surface area is 153 Å². The molecule has 0 saturated carbocycles. The number of thiophene rings is 1. The zero-order chi connectivity index (χ0) is 18.7. The van der Waals surface area contributed by atoms with E-state index in [1.54, 1.807) is 12.1 Å². The molecule has 0 unspecified atom stereocenters. The molecule has 2 heterocycles. The first-order valence-corrected chi connectivity index (χ1v) is 9.03. The van der Waals surface area contributed by atoms with Crippen LogP contribution in [0.4, 0.5) is 19.9 Å². The van der Waals surface area contributed by atoms with Crippen LogP contribution in [0, 0.1) is 5.82 Å². The highest BCUT2D eigenvalue weighted by Gasteiger charge is 2.22. The molecule has 2 aromatic rings. The van der Waals surface area contributed by atoms with Gasteiger partial charge in [0, 0.05) is 17.5 Å². The van der Waals surface area contributed by atoms with E-state index in [1.807, 2.05) is 0 Å². The third kappa shape index (κ3) is 4.12. The van der Waals surface area contributed by atoms with Crippen molar-refractivity contribution in [2.75, 3.05) is 24.1 Å². The lowest BCUT2D eigenvalue weighted by Crippen LogP contribution is -2.45. The summed E-state index contributed by atoms with van der Waals surface area (Å²) in [7, 11) is 0. The number of piperidine rings is 1. The normalized spacial score (nSPS) is 16.9. The number of anilines is 2. The highest BCUT2D eigenvalue weighted by molar-refractivity contribution is 7.20. The van der Waals surface area contributed by atoms with Crippen molar-refractivity contribution in [1.82, 2.24) is 10.6 Å². The lowest BCUT2D eigenvalue weighted by molar-refractivity contribution is 0.0932. The molecule has 0 aliphatic carbocycles. The summed E-state index contributed by atoms with van der Waals surface area (Å²) < 4.78 is 13.8. The monoisotopic (exact) mass is 377 g/mol. The Morgan fingerprint density at radius 3 is 2.77 bits per heavy atom. The van der Waals surface area contributed by atoms with Gasteiger partial charge in [-0.1, -0.05) is 6.07 Å². The van der Waals surface area contributed by atoms with E-state index in [1.165, 1.54) is 12.1 Å². The Morgan fingerprint density at radius 1 is 1.31 bits per heavy atom. The van der Waals surface area contributed by atoms with Crippen molar-refractivity contribution in [2.24, 2.45) is 5.73 Å². The van der Waals surface area contributed by atoms with Gasteiger partial charge in [0.05, 0.1) is 11.3 Å². The van der Waals surface area contributed by atoms with Gasteiger partial charge >= 0.3 is 6.03 Å². The Hall–Kier alpha value is -2.65. The minimum Gasteiger partial charge on any atom is -0.396 e. The van der Waals surface area contributed by atoms with Crippen LogP contribution in [0.25, 0.3) is 10.4 Å². The first kappa shape index (κ1) is 18.2. The third-order valence-corrected chi connectivity index (χ3v) is 5.23. The van der Waals surface area contributed by atoms with Crippen LogP contribution < -0.4 is 27.4 Å². The number of carbonyl (C=O) groups is 2. The number of carbonyl (C=O) groups excluding carboxylic acids is 2. The maximum atomic E-state index is 13.8. The molecule has 3 amide bonds. The van der Waals surface area contributed by atoms with E-state index in [4.69, 9.17) is 11.5 Å². The summed E-state index contributed by atoms with van der Waals surface area (Å²) in [4.78, 5) is 24.6. The van der Waals surface area contributed by atoms with Crippen molar-refractivity contribution in [2.45, 2.75) is 18.9 Å². The van der Waals surface area contributed by atoms with E-state index < -0.39 is 11.8 Å². The summed E-state index contributed by atoms with van der Waals surface area (Å²) >= 11 is 1.15. The number of halogens is 1. The molecule has 7 N–H and O–H groups in total. The van der Waals surface area contributed by atoms with E-state index >= 15 is 0 Å². The van der Waals surface area contributed by atoms with Crippen LogP contribution >= 0.6 is 11.3 Å². The minimum atomic E-state index is -0.768. The van der Waals surface area contributed by atoms with E-state index in [2.05, 4.69) is 16.0 Å². The minimum absolute atomic E-state index is 0.0231. The topological polar surface area (TPSA) is 122 Å². The van der Waals surface area contributed by atoms with Crippen LogP contribution in [0.1, 0.15) is 23.2 Å². The maximum absolute atomic E-state index is 13.8. The number of nitrogen functional groups attached to an aromatic ring is 1. The summed E-state index contributed by atoms with van der Waals surface area (Å²) in [5, 5.41) is 8.97. The number of nitrogens with two attached hydrogens (primary N) is 2. The molecule has 26 heavy (non-hydrogen) atoms. The zero-order valence-electron chi connectivity index (χ0n) is 14.0. The fourth-order valence-corrected chi connectivity index (χ4v) is 3.88. The molecule has 1 aliphatic rings. The molecule has 1 aromatic heterocycles. The van der Waals surface area contributed by atoms with E-state index in [9.17, 15) is 14.0 Å². The molecule has 0 bridgehead atoms. The van der Waals surface area contributed by atoms with Crippen LogP contribution in [-0.2, 0) is 0 Å². The molecule has 1 fully saturated rings. The number of nitrogens with one attached hydrogen (secondary N) is 3. The third-order valence-electron chi connectivity index (χ3n) is 4.13. The molecular weight excluding hydrogens is 357 g/mol. The van der Waals surface area contributed by atoms with Gasteiger partial charge in [-0.2, -0.15) is 0 Å². The molecule has 1 atom stereocenters. The van der Waals surface area contributed by atoms with Gasteiger partial charge in [0.15, 0.2) is 0 Å².